The van der Waals surface area contributed by atoms with Crippen LogP contribution in [0.25, 0.3) is 10.9 Å². The molecule has 3 rings (SSSR count). The van der Waals surface area contributed by atoms with E-state index in [-0.39, 0.29) is 11.6 Å². The molecule has 0 fully saturated rings. The van der Waals surface area contributed by atoms with E-state index in [1.165, 1.54) is 0 Å². The quantitative estimate of drug-likeness (QED) is 0.745. The van der Waals surface area contributed by atoms with Gasteiger partial charge in [0.05, 0.1) is 17.2 Å². The lowest BCUT2D eigenvalue weighted by Gasteiger charge is -2.15. The van der Waals surface area contributed by atoms with Crippen LogP contribution in [0.4, 0.5) is 0 Å². The van der Waals surface area contributed by atoms with Crippen molar-refractivity contribution >= 4 is 10.9 Å². The Morgan fingerprint density at radius 2 is 1.95 bits per heavy atom. The fourth-order valence-corrected chi connectivity index (χ4v) is 2.69. The highest BCUT2D eigenvalue weighted by Crippen LogP contribution is 2.18. The Balaban J connectivity index is 2.03. The fraction of sp³-hybridized carbons (Fsp3) is 0.278. The first-order valence-corrected chi connectivity index (χ1v) is 7.45. The van der Waals surface area contributed by atoms with Gasteiger partial charge in [-0.1, -0.05) is 12.1 Å². The molecule has 2 aromatic heterocycles. The number of fused-ring (bicyclic) bond motifs is 1. The van der Waals surface area contributed by atoms with Gasteiger partial charge in [0.2, 0.25) is 0 Å². The lowest BCUT2D eigenvalue weighted by atomic mass is 10.1. The van der Waals surface area contributed by atoms with Gasteiger partial charge in [-0.3, -0.25) is 14.3 Å². The molecule has 112 valence electrons. The largest absolute Gasteiger partial charge is 0.295 e. The molecule has 0 aliphatic carbocycles. The number of hydrogen-bond acceptors (Lipinski definition) is 3. The lowest BCUT2D eigenvalue weighted by molar-refractivity contribution is 0.517. The molecule has 0 saturated carbocycles. The molecular formula is C18H19N3O. The molecule has 0 radical (unpaired) electrons. The number of aromatic nitrogens is 3. The zero-order chi connectivity index (χ0) is 15.7. The van der Waals surface area contributed by atoms with E-state index in [0.717, 1.165) is 22.3 Å². The van der Waals surface area contributed by atoms with Crippen LogP contribution in [0.3, 0.4) is 0 Å². The van der Waals surface area contributed by atoms with E-state index in [0.29, 0.717) is 11.8 Å². The third kappa shape index (κ3) is 2.52. The number of rotatable bonds is 3. The van der Waals surface area contributed by atoms with Crippen molar-refractivity contribution in [1.29, 1.82) is 0 Å². The second kappa shape index (κ2) is 5.72. The standard InChI is InChI=1S/C18H19N3O/c1-12-7-8-16-17(14(12)3)20-11-21(18(16)22)13(2)10-15-6-4-5-9-19-15/h4-9,11,13H,10H2,1-3H3/t13-/m1/s1. The van der Waals surface area contributed by atoms with Crippen LogP contribution in [-0.2, 0) is 6.42 Å². The van der Waals surface area contributed by atoms with Crippen molar-refractivity contribution < 1.29 is 0 Å². The maximum atomic E-state index is 12.7. The third-order valence-electron chi connectivity index (χ3n) is 4.18. The van der Waals surface area contributed by atoms with Crippen LogP contribution in [0.1, 0.15) is 29.8 Å². The van der Waals surface area contributed by atoms with E-state index in [2.05, 4.69) is 9.97 Å². The monoisotopic (exact) mass is 293 g/mol. The number of pyridine rings is 1. The molecule has 3 aromatic rings. The minimum atomic E-state index is 0.0107. The summed E-state index contributed by atoms with van der Waals surface area (Å²) in [4.78, 5) is 21.6. The Bertz CT molecular complexity index is 869. The molecule has 0 amide bonds. The molecule has 22 heavy (non-hydrogen) atoms. The molecule has 4 heteroatoms. The summed E-state index contributed by atoms with van der Waals surface area (Å²) >= 11 is 0. The average Bonchev–Trinajstić information content (AvgIpc) is 2.52. The SMILES string of the molecule is Cc1ccc2c(=O)n([C@H](C)Cc3ccccn3)cnc2c1C. The van der Waals surface area contributed by atoms with Gasteiger partial charge >= 0.3 is 0 Å². The second-order valence-electron chi connectivity index (χ2n) is 5.73. The molecule has 0 unspecified atom stereocenters. The molecule has 0 bridgehead atoms. The van der Waals surface area contributed by atoms with Crippen molar-refractivity contribution in [2.24, 2.45) is 0 Å². The van der Waals surface area contributed by atoms with Gasteiger partial charge in [0.1, 0.15) is 0 Å². The molecule has 0 aliphatic rings. The van der Waals surface area contributed by atoms with E-state index in [1.807, 2.05) is 51.1 Å². The summed E-state index contributed by atoms with van der Waals surface area (Å²) in [6, 6.07) is 9.70. The number of nitrogens with zero attached hydrogens (tertiary/aromatic N) is 3. The van der Waals surface area contributed by atoms with Gasteiger partial charge in [0.25, 0.3) is 5.56 Å². The van der Waals surface area contributed by atoms with Crippen LogP contribution in [0, 0.1) is 13.8 Å². The maximum absolute atomic E-state index is 12.7. The first-order valence-electron chi connectivity index (χ1n) is 7.45. The Hall–Kier alpha value is -2.49. The summed E-state index contributed by atoms with van der Waals surface area (Å²) in [6.45, 7) is 6.06. The highest BCUT2D eigenvalue weighted by Gasteiger charge is 2.13. The van der Waals surface area contributed by atoms with E-state index in [1.54, 1.807) is 17.1 Å². The van der Waals surface area contributed by atoms with Crippen LogP contribution in [0.2, 0.25) is 0 Å². The summed E-state index contributed by atoms with van der Waals surface area (Å²) in [7, 11) is 0. The van der Waals surface area contributed by atoms with Crippen LogP contribution >= 0.6 is 0 Å². The van der Waals surface area contributed by atoms with E-state index >= 15 is 0 Å². The van der Waals surface area contributed by atoms with E-state index < -0.39 is 0 Å². The molecule has 0 saturated heterocycles. The molecule has 4 nitrogen and oxygen atoms in total. The first-order chi connectivity index (χ1) is 10.6. The Labute approximate surface area is 129 Å². The highest BCUT2D eigenvalue weighted by molar-refractivity contribution is 5.81. The lowest BCUT2D eigenvalue weighted by Crippen LogP contribution is -2.25. The van der Waals surface area contributed by atoms with Gasteiger partial charge < -0.3 is 0 Å². The maximum Gasteiger partial charge on any atom is 0.261 e. The van der Waals surface area contributed by atoms with Crippen molar-refractivity contribution in [3.8, 4) is 0 Å². The van der Waals surface area contributed by atoms with Crippen LogP contribution in [0.15, 0.2) is 47.7 Å². The average molecular weight is 293 g/mol. The summed E-state index contributed by atoms with van der Waals surface area (Å²) in [5, 5.41) is 0.679. The van der Waals surface area contributed by atoms with Gasteiger partial charge in [0, 0.05) is 24.4 Å². The number of aryl methyl sites for hydroxylation is 2. The predicted molar refractivity (Wildman–Crippen MR) is 88.1 cm³/mol. The van der Waals surface area contributed by atoms with Crippen LogP contribution < -0.4 is 5.56 Å². The molecular weight excluding hydrogens is 274 g/mol. The zero-order valence-electron chi connectivity index (χ0n) is 13.1. The summed E-state index contributed by atoms with van der Waals surface area (Å²) in [6.07, 6.45) is 4.14. The minimum absolute atomic E-state index is 0.0107. The van der Waals surface area contributed by atoms with Crippen molar-refractivity contribution in [2.45, 2.75) is 33.2 Å². The minimum Gasteiger partial charge on any atom is -0.295 e. The van der Waals surface area contributed by atoms with Crippen molar-refractivity contribution in [3.05, 3.63) is 70.0 Å². The van der Waals surface area contributed by atoms with Gasteiger partial charge in [-0.25, -0.2) is 4.98 Å². The number of hydrogen-bond donors (Lipinski definition) is 0. The van der Waals surface area contributed by atoms with Crippen molar-refractivity contribution in [3.63, 3.8) is 0 Å². The first kappa shape index (κ1) is 14.4. The number of benzene rings is 1. The molecule has 2 heterocycles. The molecule has 1 atom stereocenters. The smallest absolute Gasteiger partial charge is 0.261 e. The van der Waals surface area contributed by atoms with Crippen LogP contribution in [-0.4, -0.2) is 14.5 Å². The third-order valence-corrected chi connectivity index (χ3v) is 4.18. The Morgan fingerprint density at radius 1 is 1.14 bits per heavy atom. The topological polar surface area (TPSA) is 47.8 Å². The Morgan fingerprint density at radius 3 is 2.68 bits per heavy atom. The van der Waals surface area contributed by atoms with Crippen LogP contribution in [0.5, 0.6) is 0 Å². The van der Waals surface area contributed by atoms with Crippen molar-refractivity contribution in [2.75, 3.05) is 0 Å². The predicted octanol–water partition coefficient (Wildman–Crippen LogP) is 3.21. The zero-order valence-corrected chi connectivity index (χ0v) is 13.1. The van der Waals surface area contributed by atoms with Crippen molar-refractivity contribution in [1.82, 2.24) is 14.5 Å². The molecule has 1 aromatic carbocycles. The fourth-order valence-electron chi connectivity index (χ4n) is 2.69. The van der Waals surface area contributed by atoms with Gasteiger partial charge in [-0.2, -0.15) is 0 Å². The normalized spacial score (nSPS) is 12.5. The second-order valence-corrected chi connectivity index (χ2v) is 5.73. The van der Waals surface area contributed by atoms with Gasteiger partial charge in [-0.15, -0.1) is 0 Å². The molecule has 0 aliphatic heterocycles. The van der Waals surface area contributed by atoms with Gasteiger partial charge in [-0.05, 0) is 50.1 Å². The van der Waals surface area contributed by atoms with Gasteiger partial charge in [0.15, 0.2) is 0 Å². The Kier molecular flexibility index (Phi) is 3.75. The molecule has 0 spiro atoms. The summed E-state index contributed by atoms with van der Waals surface area (Å²) in [5.41, 5.74) is 4.00. The summed E-state index contributed by atoms with van der Waals surface area (Å²) in [5.74, 6) is 0. The highest BCUT2D eigenvalue weighted by atomic mass is 16.1. The molecule has 0 N–H and O–H groups in total. The van der Waals surface area contributed by atoms with E-state index in [9.17, 15) is 4.79 Å². The summed E-state index contributed by atoms with van der Waals surface area (Å²) < 4.78 is 1.70. The van der Waals surface area contributed by atoms with E-state index in [4.69, 9.17) is 0 Å².